The van der Waals surface area contributed by atoms with Gasteiger partial charge in [-0.25, -0.2) is 0 Å². The Labute approximate surface area is 134 Å². The second kappa shape index (κ2) is 5.22. The van der Waals surface area contributed by atoms with E-state index in [0.29, 0.717) is 21.5 Å². The summed E-state index contributed by atoms with van der Waals surface area (Å²) >= 11 is 8.44. The molecule has 100 valence electrons. The van der Waals surface area contributed by atoms with Crippen LogP contribution in [0.5, 0.6) is 0 Å². The summed E-state index contributed by atoms with van der Waals surface area (Å²) in [5, 5.41) is 1.21. The molecule has 0 amide bonds. The minimum Gasteiger partial charge on any atom is -0.353 e. The van der Waals surface area contributed by atoms with Crippen LogP contribution in [0.25, 0.3) is 22.2 Å². The lowest BCUT2D eigenvalue weighted by atomic mass is 10.0. The van der Waals surface area contributed by atoms with Crippen LogP contribution in [-0.2, 0) is 0 Å². The Balaban J connectivity index is 2.42. The number of aromatic nitrogens is 1. The standard InChI is InChI=1S/C16H11ClINO/c1-9-14(10-5-3-2-4-6-10)19-15-12(16(9)20)7-11(18)8-13(15)17/h2-8H,1H3,(H,19,20). The van der Waals surface area contributed by atoms with Crippen LogP contribution >= 0.6 is 34.2 Å². The molecule has 1 aromatic heterocycles. The van der Waals surface area contributed by atoms with Crippen molar-refractivity contribution >= 4 is 45.1 Å². The highest BCUT2D eigenvalue weighted by Gasteiger charge is 2.12. The summed E-state index contributed by atoms with van der Waals surface area (Å²) in [6.07, 6.45) is 0. The molecule has 2 nitrogen and oxygen atoms in total. The quantitative estimate of drug-likeness (QED) is 0.592. The van der Waals surface area contributed by atoms with Gasteiger partial charge in [0.2, 0.25) is 0 Å². The van der Waals surface area contributed by atoms with E-state index in [1.54, 1.807) is 0 Å². The van der Waals surface area contributed by atoms with Crippen LogP contribution in [0, 0.1) is 10.5 Å². The van der Waals surface area contributed by atoms with Crippen molar-refractivity contribution < 1.29 is 0 Å². The number of hydrogen-bond acceptors (Lipinski definition) is 1. The topological polar surface area (TPSA) is 32.9 Å². The number of H-pyrrole nitrogens is 1. The predicted molar refractivity (Wildman–Crippen MR) is 92.5 cm³/mol. The van der Waals surface area contributed by atoms with Crippen molar-refractivity contribution in [3.63, 3.8) is 0 Å². The van der Waals surface area contributed by atoms with Gasteiger partial charge in [0.1, 0.15) is 0 Å². The van der Waals surface area contributed by atoms with E-state index in [4.69, 9.17) is 11.6 Å². The molecule has 0 saturated carbocycles. The van der Waals surface area contributed by atoms with Crippen LogP contribution in [0.1, 0.15) is 5.56 Å². The van der Waals surface area contributed by atoms with Gasteiger partial charge in [-0.1, -0.05) is 41.9 Å². The molecule has 0 unspecified atom stereocenters. The van der Waals surface area contributed by atoms with Gasteiger partial charge in [0, 0.05) is 14.5 Å². The lowest BCUT2D eigenvalue weighted by molar-refractivity contribution is 1.30. The number of halogens is 2. The maximum atomic E-state index is 12.5. The largest absolute Gasteiger partial charge is 0.353 e. The number of benzene rings is 2. The summed E-state index contributed by atoms with van der Waals surface area (Å²) in [5.74, 6) is 0. The second-order valence-electron chi connectivity index (χ2n) is 4.63. The first-order chi connectivity index (χ1) is 9.58. The second-order valence-corrected chi connectivity index (χ2v) is 6.28. The van der Waals surface area contributed by atoms with E-state index >= 15 is 0 Å². The molecule has 1 heterocycles. The lowest BCUT2D eigenvalue weighted by Crippen LogP contribution is -2.10. The van der Waals surface area contributed by atoms with E-state index in [2.05, 4.69) is 27.6 Å². The molecule has 4 heteroatoms. The maximum Gasteiger partial charge on any atom is 0.193 e. The van der Waals surface area contributed by atoms with E-state index in [9.17, 15) is 4.79 Å². The molecule has 1 N–H and O–H groups in total. The fourth-order valence-corrected chi connectivity index (χ4v) is 3.38. The molecule has 0 fully saturated rings. The fourth-order valence-electron chi connectivity index (χ4n) is 2.31. The molecular weight excluding hydrogens is 385 g/mol. The maximum absolute atomic E-state index is 12.5. The molecule has 20 heavy (non-hydrogen) atoms. The number of hydrogen-bond donors (Lipinski definition) is 1. The van der Waals surface area contributed by atoms with Gasteiger partial charge >= 0.3 is 0 Å². The molecule has 3 rings (SSSR count). The molecule has 0 aliphatic heterocycles. The first kappa shape index (κ1) is 13.6. The SMILES string of the molecule is Cc1c(-c2ccccc2)[nH]c2c(Cl)cc(I)cc2c1=O. The highest BCUT2D eigenvalue weighted by Crippen LogP contribution is 2.27. The molecule has 0 spiro atoms. The molecule has 0 bridgehead atoms. The average Bonchev–Trinajstić information content (AvgIpc) is 2.44. The van der Waals surface area contributed by atoms with Crippen molar-refractivity contribution in [1.29, 1.82) is 0 Å². The lowest BCUT2D eigenvalue weighted by Gasteiger charge is -2.10. The Hall–Kier alpha value is -1.33. The van der Waals surface area contributed by atoms with Gasteiger partial charge < -0.3 is 4.98 Å². The minimum absolute atomic E-state index is 0.0259. The summed E-state index contributed by atoms with van der Waals surface area (Å²) in [4.78, 5) is 15.9. The summed E-state index contributed by atoms with van der Waals surface area (Å²) in [7, 11) is 0. The molecule has 0 saturated heterocycles. The number of pyridine rings is 1. The van der Waals surface area contributed by atoms with Gasteiger partial charge in [0.25, 0.3) is 0 Å². The Morgan fingerprint density at radius 1 is 1.15 bits per heavy atom. The third-order valence-corrected chi connectivity index (χ3v) is 4.25. The first-order valence-corrected chi connectivity index (χ1v) is 7.60. The zero-order valence-corrected chi connectivity index (χ0v) is 13.6. The summed E-state index contributed by atoms with van der Waals surface area (Å²) < 4.78 is 0.956. The summed E-state index contributed by atoms with van der Waals surface area (Å²) in [6, 6.07) is 13.5. The van der Waals surface area contributed by atoms with E-state index in [0.717, 1.165) is 14.8 Å². The smallest absolute Gasteiger partial charge is 0.193 e. The molecule has 3 aromatic rings. The van der Waals surface area contributed by atoms with Crippen molar-refractivity contribution in [1.82, 2.24) is 4.98 Å². The Morgan fingerprint density at radius 3 is 2.55 bits per heavy atom. The highest BCUT2D eigenvalue weighted by molar-refractivity contribution is 14.1. The van der Waals surface area contributed by atoms with Crippen LogP contribution in [0.3, 0.4) is 0 Å². The van der Waals surface area contributed by atoms with E-state index < -0.39 is 0 Å². The first-order valence-electron chi connectivity index (χ1n) is 6.15. The monoisotopic (exact) mass is 395 g/mol. The molecule has 0 aliphatic rings. The van der Waals surface area contributed by atoms with Gasteiger partial charge in [-0.2, -0.15) is 0 Å². The molecule has 0 radical (unpaired) electrons. The third-order valence-electron chi connectivity index (χ3n) is 3.33. The zero-order valence-electron chi connectivity index (χ0n) is 10.7. The number of fused-ring (bicyclic) bond motifs is 1. The van der Waals surface area contributed by atoms with Crippen LogP contribution in [0.2, 0.25) is 5.02 Å². The van der Waals surface area contributed by atoms with Gasteiger partial charge in [-0.15, -0.1) is 0 Å². The van der Waals surface area contributed by atoms with Crippen LogP contribution in [0.15, 0.2) is 47.3 Å². The predicted octanol–water partition coefficient (Wildman–Crippen LogP) is 4.76. The number of aromatic amines is 1. The summed E-state index contributed by atoms with van der Waals surface area (Å²) in [5.41, 5.74) is 3.24. The zero-order chi connectivity index (χ0) is 14.3. The van der Waals surface area contributed by atoms with Crippen molar-refractivity contribution in [3.8, 4) is 11.3 Å². The Kier molecular flexibility index (Phi) is 3.56. The molecule has 2 aromatic carbocycles. The molecular formula is C16H11ClINO. The van der Waals surface area contributed by atoms with Gasteiger partial charge in [-0.3, -0.25) is 4.79 Å². The number of nitrogens with one attached hydrogen (secondary N) is 1. The Bertz CT molecular complexity index is 856. The van der Waals surface area contributed by atoms with Crippen LogP contribution in [0.4, 0.5) is 0 Å². The summed E-state index contributed by atoms with van der Waals surface area (Å²) in [6.45, 7) is 1.84. The van der Waals surface area contributed by atoms with Crippen LogP contribution < -0.4 is 5.43 Å². The van der Waals surface area contributed by atoms with Gasteiger partial charge in [-0.05, 0) is 47.2 Å². The third kappa shape index (κ3) is 2.25. The van der Waals surface area contributed by atoms with Crippen LogP contribution in [-0.4, -0.2) is 4.98 Å². The van der Waals surface area contributed by atoms with Gasteiger partial charge in [0.15, 0.2) is 5.43 Å². The van der Waals surface area contributed by atoms with Crippen molar-refractivity contribution in [2.24, 2.45) is 0 Å². The van der Waals surface area contributed by atoms with Crippen molar-refractivity contribution in [3.05, 3.63) is 66.8 Å². The molecule has 0 atom stereocenters. The van der Waals surface area contributed by atoms with E-state index in [1.807, 2.05) is 49.4 Å². The van der Waals surface area contributed by atoms with Gasteiger partial charge in [0.05, 0.1) is 16.2 Å². The number of rotatable bonds is 1. The molecule has 0 aliphatic carbocycles. The van der Waals surface area contributed by atoms with Crippen molar-refractivity contribution in [2.45, 2.75) is 6.92 Å². The minimum atomic E-state index is 0.0259. The Morgan fingerprint density at radius 2 is 1.85 bits per heavy atom. The highest BCUT2D eigenvalue weighted by atomic mass is 127. The average molecular weight is 396 g/mol. The fraction of sp³-hybridized carbons (Fsp3) is 0.0625. The normalized spacial score (nSPS) is 10.9. The van der Waals surface area contributed by atoms with Crippen molar-refractivity contribution in [2.75, 3.05) is 0 Å². The van der Waals surface area contributed by atoms with E-state index in [1.165, 1.54) is 0 Å². The van der Waals surface area contributed by atoms with E-state index in [-0.39, 0.29) is 5.43 Å².